The minimum Gasteiger partial charge on any atom is -0.369 e. The van der Waals surface area contributed by atoms with Crippen molar-refractivity contribution in [2.75, 3.05) is 25.0 Å². The van der Waals surface area contributed by atoms with E-state index in [1.165, 1.54) is 22.5 Å². The molecule has 30 heavy (non-hydrogen) atoms. The first kappa shape index (κ1) is 20.7. The number of benzene rings is 1. The summed E-state index contributed by atoms with van der Waals surface area (Å²) < 4.78 is 28.1. The maximum atomic E-state index is 13.3. The van der Waals surface area contributed by atoms with E-state index in [4.69, 9.17) is 16.9 Å². The van der Waals surface area contributed by atoms with Crippen molar-refractivity contribution in [3.63, 3.8) is 0 Å². The number of hydrogen-bond donors (Lipinski definition) is 1. The van der Waals surface area contributed by atoms with Gasteiger partial charge in [-0.05, 0) is 42.7 Å². The van der Waals surface area contributed by atoms with Crippen LogP contribution in [0.4, 0.5) is 5.69 Å². The molecule has 1 aliphatic heterocycles. The minimum absolute atomic E-state index is 0.00816. The molecule has 3 aromatic rings. The van der Waals surface area contributed by atoms with E-state index in [0.717, 1.165) is 23.1 Å². The third-order valence-electron chi connectivity index (χ3n) is 5.87. The predicted octanol–water partition coefficient (Wildman–Crippen LogP) is 3.62. The molecule has 0 unspecified atom stereocenters. The Labute approximate surface area is 180 Å². The number of hydrogen-bond acceptors (Lipinski definition) is 5. The van der Waals surface area contributed by atoms with Crippen LogP contribution in [0.15, 0.2) is 47.6 Å². The minimum atomic E-state index is -3.77. The van der Waals surface area contributed by atoms with E-state index >= 15 is 0 Å². The molecule has 9 heteroatoms. The average Bonchev–Trinajstić information content (AvgIpc) is 3.22. The number of anilines is 1. The highest BCUT2D eigenvalue weighted by Gasteiger charge is 2.37. The second-order valence-electron chi connectivity index (χ2n) is 7.63. The highest BCUT2D eigenvalue weighted by Crippen LogP contribution is 2.33. The van der Waals surface area contributed by atoms with Crippen molar-refractivity contribution >= 4 is 38.3 Å². The first-order chi connectivity index (χ1) is 14.3. The molecule has 1 saturated heterocycles. The van der Waals surface area contributed by atoms with Crippen molar-refractivity contribution in [1.82, 2.24) is 14.3 Å². The van der Waals surface area contributed by atoms with Gasteiger partial charge in [0.15, 0.2) is 0 Å². The smallest absolute Gasteiger partial charge is 0.244 e. The molecule has 2 aromatic heterocycles. The summed E-state index contributed by atoms with van der Waals surface area (Å²) in [4.78, 5) is 9.64. The quantitative estimate of drug-likeness (QED) is 0.664. The molecule has 0 saturated carbocycles. The summed E-state index contributed by atoms with van der Waals surface area (Å²) >= 11 is 6.21. The zero-order valence-corrected chi connectivity index (χ0v) is 18.3. The lowest BCUT2D eigenvalue weighted by Gasteiger charge is -2.42. The third-order valence-corrected chi connectivity index (χ3v) is 8.22. The zero-order chi connectivity index (χ0) is 21.5. The van der Waals surface area contributed by atoms with Gasteiger partial charge in [-0.25, -0.2) is 13.4 Å². The monoisotopic (exact) mass is 443 g/mol. The SMILES string of the molecule is C[C@@H]1CCN(S(=O)(=O)c2ccc(C#N)cc2Cl)C[C@@H]1N(C)c1ccnc2[nH]ccc12. The van der Waals surface area contributed by atoms with Gasteiger partial charge in [0, 0.05) is 49.6 Å². The van der Waals surface area contributed by atoms with Crippen molar-refractivity contribution in [1.29, 1.82) is 5.26 Å². The number of likely N-dealkylation sites (N-methyl/N-ethyl adjacent to an activating group) is 1. The average molecular weight is 444 g/mol. The Hall–Kier alpha value is -2.60. The normalized spacial score (nSPS) is 20.2. The van der Waals surface area contributed by atoms with Crippen LogP contribution in [0.2, 0.25) is 5.02 Å². The first-order valence-electron chi connectivity index (χ1n) is 9.67. The largest absolute Gasteiger partial charge is 0.369 e. The number of H-pyrrole nitrogens is 1. The van der Waals surface area contributed by atoms with Gasteiger partial charge in [-0.2, -0.15) is 9.57 Å². The summed E-state index contributed by atoms with van der Waals surface area (Å²) in [7, 11) is -1.78. The summed E-state index contributed by atoms with van der Waals surface area (Å²) in [5, 5.41) is 10.1. The molecule has 1 N–H and O–H groups in total. The maximum absolute atomic E-state index is 13.3. The Bertz CT molecular complexity index is 1230. The van der Waals surface area contributed by atoms with Gasteiger partial charge in [-0.1, -0.05) is 18.5 Å². The molecule has 156 valence electrons. The van der Waals surface area contributed by atoms with Crippen LogP contribution < -0.4 is 4.90 Å². The van der Waals surface area contributed by atoms with Gasteiger partial charge in [0.25, 0.3) is 0 Å². The summed E-state index contributed by atoms with van der Waals surface area (Å²) in [5.41, 5.74) is 2.14. The van der Waals surface area contributed by atoms with E-state index in [1.54, 1.807) is 6.20 Å². The molecule has 0 bridgehead atoms. The van der Waals surface area contributed by atoms with Crippen molar-refractivity contribution in [2.45, 2.75) is 24.3 Å². The molecule has 1 aromatic carbocycles. The van der Waals surface area contributed by atoms with Gasteiger partial charge >= 0.3 is 0 Å². The lowest BCUT2D eigenvalue weighted by molar-refractivity contribution is 0.248. The highest BCUT2D eigenvalue weighted by molar-refractivity contribution is 7.89. The van der Waals surface area contributed by atoms with E-state index in [0.29, 0.717) is 24.6 Å². The molecule has 4 rings (SSSR count). The number of nitrogens with zero attached hydrogens (tertiary/aromatic N) is 4. The number of nitrogens with one attached hydrogen (secondary N) is 1. The number of nitriles is 1. The topological polar surface area (TPSA) is 93.1 Å². The Kier molecular flexibility index (Phi) is 5.45. The molecule has 0 radical (unpaired) electrons. The van der Waals surface area contributed by atoms with Gasteiger partial charge in [0.05, 0.1) is 16.7 Å². The van der Waals surface area contributed by atoms with E-state index in [1.807, 2.05) is 31.4 Å². The number of aromatic nitrogens is 2. The van der Waals surface area contributed by atoms with E-state index in [9.17, 15) is 8.42 Å². The van der Waals surface area contributed by atoms with Crippen LogP contribution in [-0.4, -0.2) is 48.9 Å². The highest BCUT2D eigenvalue weighted by atomic mass is 35.5. The van der Waals surface area contributed by atoms with Crippen molar-refractivity contribution < 1.29 is 8.42 Å². The molecule has 3 heterocycles. The van der Waals surface area contributed by atoms with Crippen LogP contribution in [0, 0.1) is 17.2 Å². The van der Waals surface area contributed by atoms with Crippen LogP contribution >= 0.6 is 11.6 Å². The van der Waals surface area contributed by atoms with Gasteiger partial charge < -0.3 is 9.88 Å². The number of fused-ring (bicyclic) bond motifs is 1. The van der Waals surface area contributed by atoms with Crippen LogP contribution in [-0.2, 0) is 10.0 Å². The number of sulfonamides is 1. The van der Waals surface area contributed by atoms with E-state index in [2.05, 4.69) is 21.8 Å². The number of pyridine rings is 1. The fourth-order valence-corrected chi connectivity index (χ4v) is 6.08. The van der Waals surface area contributed by atoms with Crippen LogP contribution in [0.3, 0.4) is 0 Å². The fourth-order valence-electron chi connectivity index (χ4n) is 4.09. The van der Waals surface area contributed by atoms with Gasteiger partial charge in [0.2, 0.25) is 10.0 Å². The van der Waals surface area contributed by atoms with Crippen LogP contribution in [0.5, 0.6) is 0 Å². The van der Waals surface area contributed by atoms with Crippen LogP contribution in [0.1, 0.15) is 18.9 Å². The van der Waals surface area contributed by atoms with Crippen molar-refractivity contribution in [3.8, 4) is 6.07 Å². The first-order valence-corrected chi connectivity index (χ1v) is 11.5. The van der Waals surface area contributed by atoms with Crippen molar-refractivity contribution in [3.05, 3.63) is 53.3 Å². The maximum Gasteiger partial charge on any atom is 0.244 e. The predicted molar refractivity (Wildman–Crippen MR) is 117 cm³/mol. The Morgan fingerprint density at radius 3 is 2.87 bits per heavy atom. The molecule has 0 amide bonds. The Morgan fingerprint density at radius 2 is 2.13 bits per heavy atom. The molecular weight excluding hydrogens is 422 g/mol. The molecule has 2 atom stereocenters. The Morgan fingerprint density at radius 1 is 1.33 bits per heavy atom. The lowest BCUT2D eigenvalue weighted by atomic mass is 9.93. The number of piperidine rings is 1. The van der Waals surface area contributed by atoms with E-state index < -0.39 is 10.0 Å². The number of rotatable bonds is 4. The van der Waals surface area contributed by atoms with Gasteiger partial charge in [0.1, 0.15) is 10.5 Å². The second-order valence-corrected chi connectivity index (χ2v) is 9.95. The standard InChI is InChI=1S/C21H22ClN5O2S/c1-14-7-10-27(30(28,29)20-4-3-15(12-23)11-17(20)22)13-19(14)26(2)18-6-9-25-21-16(18)5-8-24-21/h3-6,8-9,11,14,19H,7,10,13H2,1-2H3,(H,24,25)/t14-,19+/m1/s1. The molecule has 1 fully saturated rings. The number of halogens is 1. The molecule has 0 spiro atoms. The van der Waals surface area contributed by atoms with E-state index in [-0.39, 0.29) is 16.0 Å². The zero-order valence-electron chi connectivity index (χ0n) is 16.7. The third kappa shape index (κ3) is 3.54. The number of aromatic amines is 1. The molecule has 1 aliphatic rings. The second kappa shape index (κ2) is 7.91. The molecule has 0 aliphatic carbocycles. The summed E-state index contributed by atoms with van der Waals surface area (Å²) in [6.07, 6.45) is 4.34. The lowest BCUT2D eigenvalue weighted by Crippen LogP contribution is -2.52. The van der Waals surface area contributed by atoms with Crippen LogP contribution in [0.25, 0.3) is 11.0 Å². The summed E-state index contributed by atoms with van der Waals surface area (Å²) in [6.45, 7) is 2.93. The Balaban J connectivity index is 1.65. The molecule has 7 nitrogen and oxygen atoms in total. The van der Waals surface area contributed by atoms with Crippen molar-refractivity contribution in [2.24, 2.45) is 5.92 Å². The fraction of sp³-hybridized carbons (Fsp3) is 0.333. The van der Waals surface area contributed by atoms with Gasteiger partial charge in [-0.3, -0.25) is 0 Å². The van der Waals surface area contributed by atoms with Gasteiger partial charge in [-0.15, -0.1) is 0 Å². The molecular formula is C21H22ClN5O2S. The summed E-state index contributed by atoms with van der Waals surface area (Å²) in [6, 6.07) is 10.2. The summed E-state index contributed by atoms with van der Waals surface area (Å²) in [5.74, 6) is 0.306.